The summed E-state index contributed by atoms with van der Waals surface area (Å²) in [6.07, 6.45) is 13.0. The molecule has 0 radical (unpaired) electrons. The fourth-order valence-corrected chi connectivity index (χ4v) is 7.44. The highest BCUT2D eigenvalue weighted by Gasteiger charge is 2.36. The van der Waals surface area contributed by atoms with Gasteiger partial charge in [0.05, 0.1) is 52.2 Å². The lowest BCUT2D eigenvalue weighted by atomic mass is 10.0. The summed E-state index contributed by atoms with van der Waals surface area (Å²) in [6.45, 7) is 37.9. The van der Waals surface area contributed by atoms with Gasteiger partial charge in [-0.1, -0.05) is 123 Å². The molecule has 0 spiro atoms. The molecule has 0 aliphatic rings. The second-order valence-corrected chi connectivity index (χ2v) is 21.3. The maximum Gasteiger partial charge on any atom is 0.433 e. The average Bonchev–Trinajstić information content (AvgIpc) is 4.43. The van der Waals surface area contributed by atoms with Crippen LogP contribution in [0.1, 0.15) is 221 Å². The Kier molecular flexibility index (Phi) is 34.4. The lowest BCUT2D eigenvalue weighted by molar-refractivity contribution is -0.141. The first-order valence-electron chi connectivity index (χ1n) is 28.1. The third kappa shape index (κ3) is 26.9. The zero-order valence-electron chi connectivity index (χ0n) is 53.4. The number of aromatic amines is 3. The van der Waals surface area contributed by atoms with Gasteiger partial charge in [-0.15, -0.1) is 0 Å². The Labute approximate surface area is 492 Å². The SMILES string of the molecule is CC(C)c1ccnn1C.CC(C)c1cn[nH]c1.CC(C)c1cn[nH]c1C(F)(F)F.CCOc1ncccc1C(C)C.COc1cccnc1C(C)C.COc1ncccc1C(C)C.COc1nccnc1C(C)C.Cc1[nH]ncc1C(C)C. The van der Waals surface area contributed by atoms with Gasteiger partial charge in [0.2, 0.25) is 17.6 Å². The molecule has 0 amide bonds. The number of halogens is 3. The third-order valence-electron chi connectivity index (χ3n) is 12.0. The van der Waals surface area contributed by atoms with Crippen molar-refractivity contribution in [1.82, 2.24) is 65.3 Å². The van der Waals surface area contributed by atoms with Crippen LogP contribution in [0.4, 0.5) is 13.2 Å². The van der Waals surface area contributed by atoms with Crippen molar-refractivity contribution in [2.24, 2.45) is 7.05 Å². The molecule has 8 heterocycles. The van der Waals surface area contributed by atoms with E-state index in [0.29, 0.717) is 53.9 Å². The summed E-state index contributed by atoms with van der Waals surface area (Å²) >= 11 is 0. The topological polar surface area (TPSA) is 205 Å². The second-order valence-electron chi connectivity index (χ2n) is 21.3. The van der Waals surface area contributed by atoms with Crippen LogP contribution in [0.3, 0.4) is 0 Å². The first kappa shape index (κ1) is 73.4. The minimum atomic E-state index is -4.32. The van der Waals surface area contributed by atoms with Crippen molar-refractivity contribution in [1.29, 1.82) is 0 Å². The molecule has 0 unspecified atom stereocenters. The monoisotopic (exact) mass is 1160 g/mol. The van der Waals surface area contributed by atoms with Crippen LogP contribution in [0.25, 0.3) is 0 Å². The van der Waals surface area contributed by atoms with E-state index in [1.54, 1.807) is 66.2 Å². The predicted molar refractivity (Wildman–Crippen MR) is 327 cm³/mol. The zero-order valence-corrected chi connectivity index (χ0v) is 53.4. The van der Waals surface area contributed by atoms with Crippen molar-refractivity contribution in [3.8, 4) is 23.4 Å². The summed E-state index contributed by atoms with van der Waals surface area (Å²) < 4.78 is 59.1. The molecule has 458 valence electrons. The number of pyridine rings is 3. The number of aryl methyl sites for hydroxylation is 2. The van der Waals surface area contributed by atoms with Gasteiger partial charge in [-0.05, 0) is 96.7 Å². The number of nitrogens with zero attached hydrogens (tertiary/aromatic N) is 10. The molecule has 3 N–H and O–H groups in total. The highest BCUT2D eigenvalue weighted by molar-refractivity contribution is 5.30. The molecule has 0 aliphatic heterocycles. The Balaban J connectivity index is 0.000000476. The molecule has 8 aromatic rings. The maximum atomic E-state index is 12.2. The largest absolute Gasteiger partial charge is 0.495 e. The molecular formula is C63H96F3N13O4. The first-order valence-corrected chi connectivity index (χ1v) is 28.1. The van der Waals surface area contributed by atoms with Crippen LogP contribution in [0.15, 0.2) is 104 Å². The number of aromatic nitrogens is 13. The molecule has 0 fully saturated rings. The van der Waals surface area contributed by atoms with E-state index in [4.69, 9.17) is 18.9 Å². The van der Waals surface area contributed by atoms with Gasteiger partial charge in [-0.2, -0.15) is 33.6 Å². The molecule has 0 aromatic carbocycles. The Morgan fingerprint density at radius 2 is 0.988 bits per heavy atom. The van der Waals surface area contributed by atoms with Crippen LogP contribution in [0.2, 0.25) is 0 Å². The molecule has 20 heteroatoms. The molecule has 0 bridgehead atoms. The quantitative estimate of drug-likeness (QED) is 0.0984. The smallest absolute Gasteiger partial charge is 0.433 e. The maximum absolute atomic E-state index is 12.2. The Hall–Kier alpha value is -7.64. The molecule has 0 saturated carbocycles. The summed E-state index contributed by atoms with van der Waals surface area (Å²) in [6, 6.07) is 13.8. The van der Waals surface area contributed by atoms with E-state index in [0.717, 1.165) is 34.5 Å². The molecule has 8 aromatic heterocycles. The third-order valence-corrected chi connectivity index (χ3v) is 12.0. The molecule has 17 nitrogen and oxygen atoms in total. The molecule has 0 atom stereocenters. The number of H-pyrrole nitrogens is 3. The van der Waals surface area contributed by atoms with Gasteiger partial charge in [0.1, 0.15) is 17.1 Å². The van der Waals surface area contributed by atoms with E-state index in [9.17, 15) is 13.2 Å². The van der Waals surface area contributed by atoms with Crippen molar-refractivity contribution >= 4 is 0 Å². The van der Waals surface area contributed by atoms with E-state index in [2.05, 4.69) is 159 Å². The van der Waals surface area contributed by atoms with Crippen LogP contribution < -0.4 is 18.9 Å². The number of ether oxygens (including phenoxy) is 4. The molecule has 8 rings (SSSR count). The van der Waals surface area contributed by atoms with Gasteiger partial charge in [-0.3, -0.25) is 29.9 Å². The van der Waals surface area contributed by atoms with Crippen molar-refractivity contribution in [3.63, 3.8) is 0 Å². The highest BCUT2D eigenvalue weighted by Crippen LogP contribution is 2.33. The molecule has 0 saturated heterocycles. The Bertz CT molecular complexity index is 2740. The Morgan fingerprint density at radius 3 is 1.34 bits per heavy atom. The molecular weight excluding hydrogens is 1060 g/mol. The van der Waals surface area contributed by atoms with E-state index in [-0.39, 0.29) is 11.5 Å². The first-order chi connectivity index (χ1) is 39.2. The molecule has 83 heavy (non-hydrogen) atoms. The number of hydrogen-bond donors (Lipinski definition) is 3. The summed E-state index contributed by atoms with van der Waals surface area (Å²) in [5, 5.41) is 22.8. The highest BCUT2D eigenvalue weighted by atomic mass is 19.4. The van der Waals surface area contributed by atoms with Crippen LogP contribution in [-0.2, 0) is 13.2 Å². The van der Waals surface area contributed by atoms with Gasteiger partial charge in [0, 0.05) is 84.4 Å². The number of nitrogens with one attached hydrogen (secondary N) is 3. The second kappa shape index (κ2) is 39.0. The summed E-state index contributed by atoms with van der Waals surface area (Å²) in [7, 11) is 6.89. The number of methoxy groups -OCH3 is 3. The van der Waals surface area contributed by atoms with E-state index < -0.39 is 11.9 Å². The van der Waals surface area contributed by atoms with E-state index in [1.165, 1.54) is 34.3 Å². The minimum absolute atomic E-state index is 0.166. The molecule has 0 aliphatic carbocycles. The lowest BCUT2D eigenvalue weighted by Gasteiger charge is -2.10. The normalized spacial score (nSPS) is 10.7. The van der Waals surface area contributed by atoms with Gasteiger partial charge in [0.15, 0.2) is 0 Å². The summed E-state index contributed by atoms with van der Waals surface area (Å²) in [5.74, 6) is 6.33. The van der Waals surface area contributed by atoms with Gasteiger partial charge in [0.25, 0.3) is 0 Å². The van der Waals surface area contributed by atoms with Crippen molar-refractivity contribution < 1.29 is 32.1 Å². The number of alkyl halides is 3. The zero-order chi connectivity index (χ0) is 62.8. The summed E-state index contributed by atoms with van der Waals surface area (Å²) in [4.78, 5) is 20.7. The average molecular weight is 1160 g/mol. The summed E-state index contributed by atoms with van der Waals surface area (Å²) in [5.41, 5.74) is 8.80. The standard InChI is InChI=1S/C10H15NO.2C9H13NO.C8H12N2O.C7H9F3N2.2C7H12N2.C6H10N2/c1-4-12-10-9(8(2)3)6-5-7-11-10;1-7(2)9-8(11-3)5-4-6-10-9;1-7(2)8-5-4-6-10-9(8)11-3;1-6(2)7-8(11-3)10-5-4-9-7;1-4(2)5-3-11-12-6(5)7(8,9)10;1-6(2)7-4-5-8-9(7)3;1-5(2)7-4-8-9-6(7)3;1-5(2)6-3-7-8-4-6/h5-8H,4H2,1-3H3;2*4-7H,1-3H3;4-6H,1-3H3;3-4H,1-2H3,(H,11,12);4-6H,1-3H3;4-5H,1-3H3,(H,8,9);3-5H,1-2H3,(H,7,8). The van der Waals surface area contributed by atoms with Gasteiger partial charge >= 0.3 is 6.18 Å². The number of hydrogen-bond acceptors (Lipinski definition) is 13. The fraction of sp³-hybridized carbons (Fsp3) is 0.508. The van der Waals surface area contributed by atoms with Crippen LogP contribution in [0.5, 0.6) is 23.4 Å². The van der Waals surface area contributed by atoms with Crippen molar-refractivity contribution in [2.75, 3.05) is 27.9 Å². The van der Waals surface area contributed by atoms with Gasteiger partial charge < -0.3 is 18.9 Å². The fourth-order valence-electron chi connectivity index (χ4n) is 7.44. The minimum Gasteiger partial charge on any atom is -0.495 e. The predicted octanol–water partition coefficient (Wildman–Crippen LogP) is 16.1. The van der Waals surface area contributed by atoms with Crippen molar-refractivity contribution in [3.05, 3.63) is 161 Å². The van der Waals surface area contributed by atoms with Crippen LogP contribution >= 0.6 is 0 Å². The van der Waals surface area contributed by atoms with E-state index >= 15 is 0 Å². The van der Waals surface area contributed by atoms with Crippen LogP contribution in [0, 0.1) is 6.92 Å². The van der Waals surface area contributed by atoms with Crippen molar-refractivity contribution in [2.45, 2.75) is 178 Å². The van der Waals surface area contributed by atoms with E-state index in [1.807, 2.05) is 91.9 Å². The Morgan fingerprint density at radius 1 is 0.494 bits per heavy atom. The lowest BCUT2D eigenvalue weighted by Crippen LogP contribution is -2.09. The number of rotatable bonds is 13. The van der Waals surface area contributed by atoms with Gasteiger partial charge in [-0.25, -0.2) is 15.0 Å². The van der Waals surface area contributed by atoms with Crippen LogP contribution in [-0.4, -0.2) is 93.2 Å².